The Labute approximate surface area is 124 Å². The molecule has 1 atom stereocenters. The highest BCUT2D eigenvalue weighted by Crippen LogP contribution is 2.41. The van der Waals surface area contributed by atoms with Gasteiger partial charge in [-0.3, -0.25) is 4.57 Å². The van der Waals surface area contributed by atoms with Crippen LogP contribution in [0.3, 0.4) is 0 Å². The number of nitrogens with zero attached hydrogens (tertiary/aromatic N) is 2. The molecule has 1 unspecified atom stereocenters. The molecule has 108 valence electrons. The summed E-state index contributed by atoms with van der Waals surface area (Å²) in [6, 6.07) is 2.32. The van der Waals surface area contributed by atoms with E-state index in [9.17, 15) is 0 Å². The van der Waals surface area contributed by atoms with Gasteiger partial charge in [-0.1, -0.05) is 27.7 Å². The maximum absolute atomic E-state index is 6.34. The Balaban J connectivity index is 2.04. The van der Waals surface area contributed by atoms with Crippen molar-refractivity contribution in [3.63, 3.8) is 0 Å². The summed E-state index contributed by atoms with van der Waals surface area (Å²) >= 11 is 1.72. The number of aromatic nitrogens is 2. The van der Waals surface area contributed by atoms with E-state index in [0.29, 0.717) is 5.92 Å². The second-order valence-corrected chi connectivity index (χ2v) is 7.79. The highest BCUT2D eigenvalue weighted by molar-refractivity contribution is 7.12. The Morgan fingerprint density at radius 2 is 2.20 bits per heavy atom. The topological polar surface area (TPSA) is 43.8 Å². The Morgan fingerprint density at radius 3 is 2.85 bits per heavy atom. The predicted octanol–water partition coefficient (Wildman–Crippen LogP) is 4.03. The molecule has 3 nitrogen and oxygen atoms in total. The van der Waals surface area contributed by atoms with Crippen molar-refractivity contribution in [2.45, 2.75) is 52.5 Å². The van der Waals surface area contributed by atoms with Crippen molar-refractivity contribution in [1.29, 1.82) is 0 Å². The SMILES string of the molecule is CC(C)c1csc(-n2ccc3c2CC(C)(C)CC3N)n1. The summed E-state index contributed by atoms with van der Waals surface area (Å²) in [5.41, 5.74) is 10.4. The number of nitrogens with two attached hydrogens (primary N) is 1. The zero-order valence-electron chi connectivity index (χ0n) is 12.7. The molecule has 2 aromatic heterocycles. The summed E-state index contributed by atoms with van der Waals surface area (Å²) in [5, 5.41) is 3.24. The quantitative estimate of drug-likeness (QED) is 0.907. The van der Waals surface area contributed by atoms with Crippen LogP contribution in [0.15, 0.2) is 17.6 Å². The lowest BCUT2D eigenvalue weighted by Gasteiger charge is -2.34. The molecule has 0 spiro atoms. The molecule has 0 saturated heterocycles. The molecule has 3 rings (SSSR count). The van der Waals surface area contributed by atoms with Gasteiger partial charge in [0.1, 0.15) is 0 Å². The fourth-order valence-electron chi connectivity index (χ4n) is 3.07. The van der Waals surface area contributed by atoms with Gasteiger partial charge in [0, 0.05) is 23.3 Å². The van der Waals surface area contributed by atoms with E-state index in [1.165, 1.54) is 17.0 Å². The zero-order valence-corrected chi connectivity index (χ0v) is 13.5. The van der Waals surface area contributed by atoms with E-state index >= 15 is 0 Å². The second kappa shape index (κ2) is 4.71. The lowest BCUT2D eigenvalue weighted by molar-refractivity contribution is 0.278. The van der Waals surface area contributed by atoms with Crippen LogP contribution in [-0.4, -0.2) is 9.55 Å². The third-order valence-electron chi connectivity index (χ3n) is 4.15. The van der Waals surface area contributed by atoms with Crippen molar-refractivity contribution in [1.82, 2.24) is 9.55 Å². The maximum atomic E-state index is 6.34. The fourth-order valence-corrected chi connectivity index (χ4v) is 4.06. The van der Waals surface area contributed by atoms with E-state index in [-0.39, 0.29) is 11.5 Å². The largest absolute Gasteiger partial charge is 0.324 e. The van der Waals surface area contributed by atoms with E-state index in [4.69, 9.17) is 10.7 Å². The van der Waals surface area contributed by atoms with Gasteiger partial charge in [-0.25, -0.2) is 4.98 Å². The highest BCUT2D eigenvalue weighted by atomic mass is 32.1. The summed E-state index contributed by atoms with van der Waals surface area (Å²) < 4.78 is 2.24. The van der Waals surface area contributed by atoms with Crippen molar-refractivity contribution >= 4 is 11.3 Å². The van der Waals surface area contributed by atoms with Crippen molar-refractivity contribution in [3.8, 4) is 5.13 Å². The molecule has 0 saturated carbocycles. The molecular weight excluding hydrogens is 266 g/mol. The zero-order chi connectivity index (χ0) is 14.5. The van der Waals surface area contributed by atoms with Crippen molar-refractivity contribution in [2.24, 2.45) is 11.1 Å². The summed E-state index contributed by atoms with van der Waals surface area (Å²) in [7, 11) is 0. The lowest BCUT2D eigenvalue weighted by Crippen LogP contribution is -2.30. The molecule has 0 aliphatic heterocycles. The van der Waals surface area contributed by atoms with E-state index in [0.717, 1.165) is 18.0 Å². The van der Waals surface area contributed by atoms with Gasteiger partial charge in [0.2, 0.25) is 0 Å². The van der Waals surface area contributed by atoms with Gasteiger partial charge in [-0.05, 0) is 35.8 Å². The number of hydrogen-bond acceptors (Lipinski definition) is 3. The van der Waals surface area contributed by atoms with Crippen molar-refractivity contribution < 1.29 is 0 Å². The maximum Gasteiger partial charge on any atom is 0.193 e. The van der Waals surface area contributed by atoms with Gasteiger partial charge in [0.05, 0.1) is 5.69 Å². The lowest BCUT2D eigenvalue weighted by atomic mass is 9.75. The van der Waals surface area contributed by atoms with Crippen LogP contribution in [0.4, 0.5) is 0 Å². The fraction of sp³-hybridized carbons (Fsp3) is 0.562. The van der Waals surface area contributed by atoms with Gasteiger partial charge in [-0.15, -0.1) is 11.3 Å². The average Bonchev–Trinajstić information content (AvgIpc) is 2.92. The number of hydrogen-bond donors (Lipinski definition) is 1. The summed E-state index contributed by atoms with van der Waals surface area (Å²) in [6.07, 6.45) is 4.26. The van der Waals surface area contributed by atoms with Crippen LogP contribution in [0.25, 0.3) is 5.13 Å². The molecule has 0 fully saturated rings. The Hall–Kier alpha value is -1.13. The van der Waals surface area contributed by atoms with Crippen LogP contribution in [0, 0.1) is 5.41 Å². The third kappa shape index (κ3) is 2.31. The molecule has 0 radical (unpaired) electrons. The average molecular weight is 289 g/mol. The molecule has 2 N–H and O–H groups in total. The Bertz CT molecular complexity index is 621. The predicted molar refractivity (Wildman–Crippen MR) is 84.6 cm³/mol. The number of fused-ring (bicyclic) bond motifs is 1. The molecule has 2 heterocycles. The van der Waals surface area contributed by atoms with Crippen LogP contribution >= 0.6 is 11.3 Å². The Morgan fingerprint density at radius 1 is 1.45 bits per heavy atom. The monoisotopic (exact) mass is 289 g/mol. The first-order valence-corrected chi connectivity index (χ1v) is 8.17. The van der Waals surface area contributed by atoms with Crippen LogP contribution in [0.2, 0.25) is 0 Å². The minimum absolute atomic E-state index is 0.152. The van der Waals surface area contributed by atoms with Crippen LogP contribution < -0.4 is 5.73 Å². The molecule has 4 heteroatoms. The van der Waals surface area contributed by atoms with Gasteiger partial charge in [-0.2, -0.15) is 0 Å². The van der Waals surface area contributed by atoms with Gasteiger partial charge >= 0.3 is 0 Å². The first kappa shape index (κ1) is 13.8. The molecule has 0 amide bonds. The molecule has 20 heavy (non-hydrogen) atoms. The third-order valence-corrected chi connectivity index (χ3v) is 5.01. The van der Waals surface area contributed by atoms with Crippen molar-refractivity contribution in [3.05, 3.63) is 34.6 Å². The highest BCUT2D eigenvalue weighted by Gasteiger charge is 2.33. The van der Waals surface area contributed by atoms with Crippen LogP contribution in [0.5, 0.6) is 0 Å². The summed E-state index contributed by atoms with van der Waals surface area (Å²) in [5.74, 6) is 0.477. The summed E-state index contributed by atoms with van der Waals surface area (Å²) in [6.45, 7) is 8.97. The van der Waals surface area contributed by atoms with Crippen molar-refractivity contribution in [2.75, 3.05) is 0 Å². The van der Waals surface area contributed by atoms with Crippen LogP contribution in [0.1, 0.15) is 63.0 Å². The summed E-state index contributed by atoms with van der Waals surface area (Å²) in [4.78, 5) is 4.77. The standard InChI is InChI=1S/C16H23N3S/c1-10(2)13-9-20-15(18-13)19-6-5-11-12(17)7-16(3,4)8-14(11)19/h5-6,9-10,12H,7-8,17H2,1-4H3. The van der Waals surface area contributed by atoms with E-state index in [1.54, 1.807) is 11.3 Å². The first-order chi connectivity index (χ1) is 9.37. The normalized spacial score (nSPS) is 21.2. The van der Waals surface area contributed by atoms with Gasteiger partial charge in [0.15, 0.2) is 5.13 Å². The smallest absolute Gasteiger partial charge is 0.193 e. The van der Waals surface area contributed by atoms with E-state index in [1.807, 2.05) is 0 Å². The molecule has 0 aromatic carbocycles. The van der Waals surface area contributed by atoms with E-state index < -0.39 is 0 Å². The molecule has 0 bridgehead atoms. The van der Waals surface area contributed by atoms with Gasteiger partial charge in [0.25, 0.3) is 0 Å². The first-order valence-electron chi connectivity index (χ1n) is 7.29. The molecule has 2 aromatic rings. The number of rotatable bonds is 2. The number of thiazole rings is 1. The second-order valence-electron chi connectivity index (χ2n) is 6.95. The van der Waals surface area contributed by atoms with Gasteiger partial charge < -0.3 is 5.73 Å². The molecule has 1 aliphatic carbocycles. The Kier molecular flexibility index (Phi) is 3.26. The molecular formula is C16H23N3S. The van der Waals surface area contributed by atoms with E-state index in [2.05, 4.69) is 49.9 Å². The minimum Gasteiger partial charge on any atom is -0.324 e. The molecule has 1 aliphatic rings. The van der Waals surface area contributed by atoms with Crippen LogP contribution in [-0.2, 0) is 6.42 Å². The minimum atomic E-state index is 0.152.